The zero-order valence-corrected chi connectivity index (χ0v) is 13.7. The van der Waals surface area contributed by atoms with Crippen molar-refractivity contribution in [1.82, 2.24) is 5.32 Å². The first-order valence-electron chi connectivity index (χ1n) is 7.32. The summed E-state index contributed by atoms with van der Waals surface area (Å²) in [7, 11) is 0. The van der Waals surface area contributed by atoms with Gasteiger partial charge in [0.1, 0.15) is 0 Å². The van der Waals surface area contributed by atoms with Gasteiger partial charge in [-0.15, -0.1) is 23.7 Å². The second-order valence-corrected chi connectivity index (χ2v) is 6.37. The van der Waals surface area contributed by atoms with Crippen LogP contribution in [0.5, 0.6) is 0 Å². The second kappa shape index (κ2) is 9.74. The fourth-order valence-electron chi connectivity index (χ4n) is 2.49. The number of nitrogens with one attached hydrogen (secondary N) is 1. The number of rotatable bonds is 7. The molecule has 0 aliphatic heterocycles. The van der Waals surface area contributed by atoms with Crippen LogP contribution in [-0.4, -0.2) is 30.5 Å². The van der Waals surface area contributed by atoms with Crippen LogP contribution in [0.1, 0.15) is 49.9 Å². The molecule has 3 nitrogen and oxygen atoms in total. The molecular formula is C15H26ClNO2S. The fraction of sp³-hybridized carbons (Fsp3) is 0.733. The molecule has 2 unspecified atom stereocenters. The average molecular weight is 320 g/mol. The quantitative estimate of drug-likeness (QED) is 0.808. The maximum Gasteiger partial charge on any atom is 0.0898 e. The van der Waals surface area contributed by atoms with E-state index in [1.165, 1.54) is 24.1 Å². The van der Waals surface area contributed by atoms with Crippen LogP contribution < -0.4 is 5.32 Å². The molecule has 1 saturated carbocycles. The van der Waals surface area contributed by atoms with E-state index in [1.807, 2.05) is 0 Å². The first kappa shape index (κ1) is 17.9. The Morgan fingerprint density at radius 2 is 2.15 bits per heavy atom. The summed E-state index contributed by atoms with van der Waals surface area (Å²) in [6.07, 6.45) is 6.16. The summed E-state index contributed by atoms with van der Waals surface area (Å²) in [5, 5.41) is 15.4. The summed E-state index contributed by atoms with van der Waals surface area (Å²) in [5.41, 5.74) is 0. The second-order valence-electron chi connectivity index (χ2n) is 5.39. The van der Waals surface area contributed by atoms with Crippen molar-refractivity contribution in [1.29, 1.82) is 0 Å². The van der Waals surface area contributed by atoms with E-state index in [0.717, 1.165) is 12.8 Å². The molecule has 1 heterocycles. The number of thiophene rings is 1. The Labute approximate surface area is 132 Å². The lowest BCUT2D eigenvalue weighted by atomic mass is 9.98. The van der Waals surface area contributed by atoms with Gasteiger partial charge in [0, 0.05) is 17.5 Å². The first-order chi connectivity index (χ1) is 9.25. The molecule has 1 aliphatic rings. The molecule has 5 heteroatoms. The average Bonchev–Trinajstić information content (AvgIpc) is 2.98. The van der Waals surface area contributed by atoms with E-state index in [0.29, 0.717) is 25.3 Å². The smallest absolute Gasteiger partial charge is 0.0898 e. The van der Waals surface area contributed by atoms with E-state index in [9.17, 15) is 5.11 Å². The Hall–Kier alpha value is -0.130. The van der Waals surface area contributed by atoms with Crippen molar-refractivity contribution >= 4 is 23.7 Å². The molecule has 2 N–H and O–H groups in total. The van der Waals surface area contributed by atoms with Gasteiger partial charge in [-0.25, -0.2) is 0 Å². The maximum absolute atomic E-state index is 9.94. The predicted octanol–water partition coefficient (Wildman–Crippen LogP) is 3.53. The van der Waals surface area contributed by atoms with Crippen LogP contribution in [0.15, 0.2) is 17.5 Å². The number of hydrogen-bond acceptors (Lipinski definition) is 4. The van der Waals surface area contributed by atoms with Crippen molar-refractivity contribution in [2.45, 2.75) is 57.3 Å². The third kappa shape index (κ3) is 6.10. The van der Waals surface area contributed by atoms with Gasteiger partial charge in [0.25, 0.3) is 0 Å². The molecule has 0 saturated heterocycles. The summed E-state index contributed by atoms with van der Waals surface area (Å²) in [5.74, 6) is 0. The van der Waals surface area contributed by atoms with E-state index in [2.05, 4.69) is 29.8 Å². The molecule has 0 bridgehead atoms. The van der Waals surface area contributed by atoms with Gasteiger partial charge in [-0.3, -0.25) is 0 Å². The highest BCUT2D eigenvalue weighted by atomic mass is 35.5. The highest BCUT2D eigenvalue weighted by Gasteiger charge is 2.16. The van der Waals surface area contributed by atoms with Crippen molar-refractivity contribution in [3.05, 3.63) is 22.4 Å². The van der Waals surface area contributed by atoms with Crippen LogP contribution in [0, 0.1) is 0 Å². The first-order valence-corrected chi connectivity index (χ1v) is 8.20. The van der Waals surface area contributed by atoms with Crippen LogP contribution in [0.4, 0.5) is 0 Å². The molecule has 0 spiro atoms. The lowest BCUT2D eigenvalue weighted by Gasteiger charge is -2.24. The van der Waals surface area contributed by atoms with E-state index in [1.54, 1.807) is 11.3 Å². The van der Waals surface area contributed by atoms with E-state index >= 15 is 0 Å². The van der Waals surface area contributed by atoms with Crippen molar-refractivity contribution in [3.63, 3.8) is 0 Å². The maximum atomic E-state index is 9.94. The minimum absolute atomic E-state index is 0. The lowest BCUT2D eigenvalue weighted by Crippen LogP contribution is -2.33. The Kier molecular flexibility index (Phi) is 8.73. The molecule has 0 amide bonds. The van der Waals surface area contributed by atoms with Crippen molar-refractivity contribution in [3.8, 4) is 0 Å². The lowest BCUT2D eigenvalue weighted by molar-refractivity contribution is -0.0234. The number of aliphatic hydroxyl groups is 1. The molecule has 116 valence electrons. The summed E-state index contributed by atoms with van der Waals surface area (Å²) in [4.78, 5) is 1.31. The van der Waals surface area contributed by atoms with Gasteiger partial charge in [-0.1, -0.05) is 25.3 Å². The Morgan fingerprint density at radius 1 is 1.40 bits per heavy atom. The van der Waals surface area contributed by atoms with Crippen molar-refractivity contribution < 1.29 is 9.84 Å². The van der Waals surface area contributed by atoms with Crippen molar-refractivity contribution in [2.75, 3.05) is 13.2 Å². The number of hydrogen-bond donors (Lipinski definition) is 2. The highest BCUT2D eigenvalue weighted by Crippen LogP contribution is 2.20. The van der Waals surface area contributed by atoms with E-state index in [-0.39, 0.29) is 12.4 Å². The van der Waals surface area contributed by atoms with Gasteiger partial charge in [0.05, 0.1) is 18.8 Å². The van der Waals surface area contributed by atoms with E-state index in [4.69, 9.17) is 4.74 Å². The Balaban J connectivity index is 0.00000200. The van der Waals surface area contributed by atoms with Crippen LogP contribution in [0.25, 0.3) is 0 Å². The number of halogens is 1. The number of ether oxygens (including phenoxy) is 1. The molecule has 2 atom stereocenters. The molecule has 1 aromatic rings. The largest absolute Gasteiger partial charge is 0.389 e. The van der Waals surface area contributed by atoms with Gasteiger partial charge in [0.15, 0.2) is 0 Å². The molecule has 0 radical (unpaired) electrons. The summed E-state index contributed by atoms with van der Waals surface area (Å²) < 4.78 is 5.78. The molecular weight excluding hydrogens is 294 g/mol. The summed E-state index contributed by atoms with van der Waals surface area (Å²) >= 11 is 1.74. The van der Waals surface area contributed by atoms with Gasteiger partial charge in [-0.05, 0) is 31.2 Å². The third-order valence-electron chi connectivity index (χ3n) is 3.71. The van der Waals surface area contributed by atoms with E-state index < -0.39 is 6.10 Å². The third-order valence-corrected chi connectivity index (χ3v) is 4.76. The molecule has 2 rings (SSSR count). The Morgan fingerprint density at radius 3 is 2.80 bits per heavy atom. The van der Waals surface area contributed by atoms with Gasteiger partial charge in [-0.2, -0.15) is 0 Å². The fourth-order valence-corrected chi connectivity index (χ4v) is 3.25. The highest BCUT2D eigenvalue weighted by molar-refractivity contribution is 7.10. The zero-order valence-electron chi connectivity index (χ0n) is 12.1. The normalized spacial score (nSPS) is 19.3. The van der Waals surface area contributed by atoms with Gasteiger partial charge >= 0.3 is 0 Å². The molecule has 20 heavy (non-hydrogen) atoms. The standard InChI is InChI=1S/C15H25NO2S.ClH/c1-12(15-8-5-9-19-15)16-10-13(17)11-18-14-6-3-2-4-7-14;/h5,8-9,12-14,16-17H,2-4,6-7,10-11H2,1H3;1H. The summed E-state index contributed by atoms with van der Waals surface area (Å²) in [6.45, 7) is 3.17. The molecule has 1 fully saturated rings. The monoisotopic (exact) mass is 319 g/mol. The van der Waals surface area contributed by atoms with Gasteiger partial charge in [0.2, 0.25) is 0 Å². The van der Waals surface area contributed by atoms with Crippen LogP contribution in [0.2, 0.25) is 0 Å². The molecule has 1 aromatic heterocycles. The van der Waals surface area contributed by atoms with Crippen LogP contribution in [-0.2, 0) is 4.74 Å². The zero-order chi connectivity index (χ0) is 13.5. The molecule has 0 aromatic carbocycles. The number of aliphatic hydroxyl groups excluding tert-OH is 1. The topological polar surface area (TPSA) is 41.5 Å². The minimum atomic E-state index is -0.413. The Bertz CT molecular complexity index is 342. The van der Waals surface area contributed by atoms with Crippen molar-refractivity contribution in [2.24, 2.45) is 0 Å². The predicted molar refractivity (Wildman–Crippen MR) is 86.8 cm³/mol. The SMILES string of the molecule is CC(NCC(O)COC1CCCCC1)c1cccs1.Cl. The molecule has 1 aliphatic carbocycles. The summed E-state index contributed by atoms with van der Waals surface area (Å²) in [6, 6.07) is 4.47. The minimum Gasteiger partial charge on any atom is -0.389 e. The van der Waals surface area contributed by atoms with Crippen LogP contribution in [0.3, 0.4) is 0 Å². The van der Waals surface area contributed by atoms with Gasteiger partial charge < -0.3 is 15.2 Å². The van der Waals surface area contributed by atoms with Crippen LogP contribution >= 0.6 is 23.7 Å².